The van der Waals surface area contributed by atoms with Crippen molar-refractivity contribution in [3.63, 3.8) is 0 Å². The fourth-order valence-corrected chi connectivity index (χ4v) is 4.27. The van der Waals surface area contributed by atoms with Crippen molar-refractivity contribution < 1.29 is 4.79 Å². The van der Waals surface area contributed by atoms with Gasteiger partial charge in [0.15, 0.2) is 0 Å². The molecule has 24 heavy (non-hydrogen) atoms. The summed E-state index contributed by atoms with van der Waals surface area (Å²) in [6, 6.07) is 9.90. The number of rotatable bonds is 4. The predicted octanol–water partition coefficient (Wildman–Crippen LogP) is 1.51. The maximum atomic E-state index is 12.5. The minimum absolute atomic E-state index is 0.0825. The van der Waals surface area contributed by atoms with Crippen LogP contribution < -0.4 is 16.2 Å². The highest BCUT2D eigenvalue weighted by Crippen LogP contribution is 2.34. The Kier molecular flexibility index (Phi) is 4.10. The molecule has 5 nitrogen and oxygen atoms in total. The number of nitrogens with one attached hydrogen (secondary N) is 2. The molecule has 1 amide bonds. The highest BCUT2D eigenvalue weighted by molar-refractivity contribution is 5.82. The van der Waals surface area contributed by atoms with Gasteiger partial charge in [-0.15, -0.1) is 0 Å². The molecule has 0 spiro atoms. The summed E-state index contributed by atoms with van der Waals surface area (Å²) >= 11 is 0. The fourth-order valence-electron chi connectivity index (χ4n) is 4.27. The van der Waals surface area contributed by atoms with E-state index in [4.69, 9.17) is 0 Å². The Morgan fingerprint density at radius 1 is 1.25 bits per heavy atom. The van der Waals surface area contributed by atoms with Crippen molar-refractivity contribution in [2.75, 3.05) is 13.1 Å². The quantitative estimate of drug-likeness (QED) is 0.895. The zero-order valence-corrected chi connectivity index (χ0v) is 13.7. The molecule has 5 heteroatoms. The normalized spacial score (nSPS) is 25.8. The molecule has 1 aliphatic heterocycles. The number of fused-ring (bicyclic) bond motifs is 3. The summed E-state index contributed by atoms with van der Waals surface area (Å²) in [5.74, 6) is 1.14. The van der Waals surface area contributed by atoms with Crippen molar-refractivity contribution in [1.29, 1.82) is 0 Å². The minimum Gasteiger partial charge on any atom is -0.354 e. The van der Waals surface area contributed by atoms with Crippen LogP contribution in [0.3, 0.4) is 0 Å². The maximum absolute atomic E-state index is 12.5. The third-order valence-corrected chi connectivity index (χ3v) is 5.59. The lowest BCUT2D eigenvalue weighted by Gasteiger charge is -2.29. The maximum Gasteiger partial charge on any atom is 0.258 e. The molecule has 1 aromatic heterocycles. The standard InChI is InChI=1S/C19H23N3O2/c23-18(21-11-16-14-5-3-7-17(16)20-10-14)12-22-9-8-13-4-1-2-6-15(13)19(22)24/h1-2,4,6,8-9,14,16-17,20H,3,5,7,10-12H2,(H,21,23). The van der Waals surface area contributed by atoms with Crippen LogP contribution in [0.25, 0.3) is 10.8 Å². The van der Waals surface area contributed by atoms with Crippen LogP contribution in [0, 0.1) is 11.8 Å². The van der Waals surface area contributed by atoms with Gasteiger partial charge in [0.2, 0.25) is 5.91 Å². The van der Waals surface area contributed by atoms with Gasteiger partial charge >= 0.3 is 0 Å². The molecule has 2 aliphatic rings. The van der Waals surface area contributed by atoms with Crippen LogP contribution in [0.1, 0.15) is 19.3 Å². The van der Waals surface area contributed by atoms with Crippen molar-refractivity contribution in [2.45, 2.75) is 31.8 Å². The molecule has 2 N–H and O–H groups in total. The predicted molar refractivity (Wildman–Crippen MR) is 93.8 cm³/mol. The van der Waals surface area contributed by atoms with E-state index in [-0.39, 0.29) is 18.0 Å². The molecule has 2 fully saturated rings. The van der Waals surface area contributed by atoms with Gasteiger partial charge in [0.05, 0.1) is 0 Å². The SMILES string of the molecule is O=C(Cn1ccc2ccccc2c1=O)NCC1C2CCCC1NC2. The second-order valence-electron chi connectivity index (χ2n) is 7.01. The van der Waals surface area contributed by atoms with E-state index < -0.39 is 0 Å². The molecule has 2 heterocycles. The smallest absolute Gasteiger partial charge is 0.258 e. The molecular formula is C19H23N3O2. The van der Waals surface area contributed by atoms with Crippen molar-refractivity contribution in [3.8, 4) is 0 Å². The first-order chi connectivity index (χ1) is 11.7. The summed E-state index contributed by atoms with van der Waals surface area (Å²) in [4.78, 5) is 24.7. The van der Waals surface area contributed by atoms with Crippen LogP contribution in [0.4, 0.5) is 0 Å². The molecule has 1 saturated carbocycles. The Labute approximate surface area is 141 Å². The third kappa shape index (κ3) is 2.84. The number of hydrogen-bond donors (Lipinski definition) is 2. The van der Waals surface area contributed by atoms with Crippen molar-refractivity contribution in [2.24, 2.45) is 11.8 Å². The lowest BCUT2D eigenvalue weighted by molar-refractivity contribution is -0.122. The van der Waals surface area contributed by atoms with E-state index in [2.05, 4.69) is 10.6 Å². The average molecular weight is 325 g/mol. The van der Waals surface area contributed by atoms with Crippen LogP contribution >= 0.6 is 0 Å². The summed E-state index contributed by atoms with van der Waals surface area (Å²) in [5, 5.41) is 8.16. The number of aromatic nitrogens is 1. The van der Waals surface area contributed by atoms with E-state index in [1.807, 2.05) is 24.3 Å². The van der Waals surface area contributed by atoms with E-state index in [1.54, 1.807) is 12.3 Å². The summed E-state index contributed by atoms with van der Waals surface area (Å²) in [5.41, 5.74) is -0.109. The molecule has 3 unspecified atom stereocenters. The van der Waals surface area contributed by atoms with Crippen molar-refractivity contribution >= 4 is 16.7 Å². The molecule has 2 aromatic rings. The summed E-state index contributed by atoms with van der Waals surface area (Å²) < 4.78 is 1.49. The Morgan fingerprint density at radius 2 is 2.12 bits per heavy atom. The van der Waals surface area contributed by atoms with Gasteiger partial charge in [-0.3, -0.25) is 9.59 Å². The molecule has 2 bridgehead atoms. The molecule has 126 valence electrons. The second-order valence-corrected chi connectivity index (χ2v) is 7.01. The summed E-state index contributed by atoms with van der Waals surface area (Å²) in [7, 11) is 0. The largest absolute Gasteiger partial charge is 0.354 e. The number of carbonyl (C=O) groups excluding carboxylic acids is 1. The highest BCUT2D eigenvalue weighted by atomic mass is 16.2. The van der Waals surface area contributed by atoms with Crippen molar-refractivity contribution in [1.82, 2.24) is 15.2 Å². The topological polar surface area (TPSA) is 63.1 Å². The van der Waals surface area contributed by atoms with Gasteiger partial charge in [0.25, 0.3) is 5.56 Å². The van der Waals surface area contributed by atoms with Gasteiger partial charge in [-0.25, -0.2) is 0 Å². The lowest BCUT2D eigenvalue weighted by atomic mass is 9.80. The number of hydrogen-bond acceptors (Lipinski definition) is 3. The van der Waals surface area contributed by atoms with Gasteiger partial charge in [-0.1, -0.05) is 24.6 Å². The Morgan fingerprint density at radius 3 is 3.00 bits per heavy atom. The summed E-state index contributed by atoms with van der Waals surface area (Å²) in [6.07, 6.45) is 5.46. The second kappa shape index (κ2) is 6.40. The zero-order chi connectivity index (χ0) is 16.5. The molecule has 4 rings (SSSR count). The number of pyridine rings is 1. The van der Waals surface area contributed by atoms with Crippen molar-refractivity contribution in [3.05, 3.63) is 46.9 Å². The lowest BCUT2D eigenvalue weighted by Crippen LogP contribution is -2.41. The van der Waals surface area contributed by atoms with E-state index >= 15 is 0 Å². The van der Waals surface area contributed by atoms with Crippen LogP contribution in [-0.4, -0.2) is 29.6 Å². The van der Waals surface area contributed by atoms with Gasteiger partial charge in [0, 0.05) is 24.2 Å². The minimum atomic E-state index is -0.109. The van der Waals surface area contributed by atoms with Crippen LogP contribution in [0.5, 0.6) is 0 Å². The molecule has 0 radical (unpaired) electrons. The molecule has 1 aromatic carbocycles. The van der Waals surface area contributed by atoms with Gasteiger partial charge in [-0.05, 0) is 48.7 Å². The van der Waals surface area contributed by atoms with E-state index in [0.717, 1.165) is 11.9 Å². The summed E-state index contributed by atoms with van der Waals surface area (Å²) in [6.45, 7) is 1.87. The number of amides is 1. The number of benzene rings is 1. The Hall–Kier alpha value is -2.14. The van der Waals surface area contributed by atoms with Gasteiger partial charge < -0.3 is 15.2 Å². The third-order valence-electron chi connectivity index (χ3n) is 5.59. The zero-order valence-electron chi connectivity index (χ0n) is 13.7. The number of nitrogens with zero attached hydrogens (tertiary/aromatic N) is 1. The molecular weight excluding hydrogens is 302 g/mol. The first kappa shape index (κ1) is 15.4. The van der Waals surface area contributed by atoms with E-state index in [1.165, 1.54) is 23.8 Å². The fraction of sp³-hybridized carbons (Fsp3) is 0.474. The number of carbonyl (C=O) groups is 1. The van der Waals surface area contributed by atoms with Crippen LogP contribution in [0.2, 0.25) is 0 Å². The Balaban J connectivity index is 1.41. The Bertz CT molecular complexity index is 798. The van der Waals surface area contributed by atoms with Gasteiger partial charge in [-0.2, -0.15) is 0 Å². The van der Waals surface area contributed by atoms with Crippen LogP contribution in [-0.2, 0) is 11.3 Å². The average Bonchev–Trinajstić information content (AvgIpc) is 2.82. The monoisotopic (exact) mass is 325 g/mol. The van der Waals surface area contributed by atoms with E-state index in [9.17, 15) is 9.59 Å². The van der Waals surface area contributed by atoms with Crippen LogP contribution in [0.15, 0.2) is 41.3 Å². The molecule has 1 saturated heterocycles. The molecule has 3 atom stereocenters. The highest BCUT2D eigenvalue weighted by Gasteiger charge is 2.38. The first-order valence-corrected chi connectivity index (χ1v) is 8.80. The van der Waals surface area contributed by atoms with E-state index in [0.29, 0.717) is 29.8 Å². The molecule has 1 aliphatic carbocycles. The first-order valence-electron chi connectivity index (χ1n) is 8.80. The van der Waals surface area contributed by atoms with Gasteiger partial charge in [0.1, 0.15) is 6.54 Å².